The second kappa shape index (κ2) is 16.2. The predicted octanol–water partition coefficient (Wildman–Crippen LogP) is 8.08. The Kier molecular flexibility index (Phi) is 11.5. The number of hydrogen-bond acceptors (Lipinski definition) is 9. The maximum absolute atomic E-state index is 13.6. The summed E-state index contributed by atoms with van der Waals surface area (Å²) in [5.74, 6) is 0.685. The number of benzene rings is 2. The van der Waals surface area contributed by atoms with Crippen molar-refractivity contribution in [1.29, 1.82) is 0 Å². The highest BCUT2D eigenvalue weighted by atomic mass is 79.9. The molecule has 1 aliphatic carbocycles. The number of halogens is 5. The summed E-state index contributed by atoms with van der Waals surface area (Å²) in [5, 5.41) is 8.73. The lowest BCUT2D eigenvalue weighted by molar-refractivity contribution is 0.264. The zero-order valence-corrected chi connectivity index (χ0v) is 30.0. The molecule has 1 saturated heterocycles. The quantitative estimate of drug-likeness (QED) is 0.123. The molecule has 4 heterocycles. The summed E-state index contributed by atoms with van der Waals surface area (Å²) < 4.78 is 67.8. The summed E-state index contributed by atoms with van der Waals surface area (Å²) in [4.78, 5) is 19.7. The standard InChI is InChI=1S/C24H28F2N6O.C11H10BrF2N3O/c1-3-6-32-24(33-20-9-18(25)8-19(26)10-20)29-22(30-32)11-21-16-4-5-17(21)13-31(12-16)23-7-15(2)27-14-28-23;1-2-3-17-11(15-10(12)16-17)18-9-5-7(13)4-8(14)6-9/h7-10,14,16-17,21H,3-6,11-13H2,1-2H3;4-6H,2-3H2,1H3/t16-,17+,21?;. The number of anilines is 1. The van der Waals surface area contributed by atoms with Crippen molar-refractivity contribution in [3.63, 3.8) is 0 Å². The van der Waals surface area contributed by atoms with E-state index < -0.39 is 23.3 Å². The molecule has 11 nitrogen and oxygen atoms in total. The first-order valence-corrected chi connectivity index (χ1v) is 17.7. The number of fused-ring (bicyclic) bond motifs is 2. The van der Waals surface area contributed by atoms with Crippen LogP contribution in [0.3, 0.4) is 0 Å². The lowest BCUT2D eigenvalue weighted by Gasteiger charge is -2.38. The van der Waals surface area contributed by atoms with Gasteiger partial charge in [-0.2, -0.15) is 15.1 Å². The number of ether oxygens (including phenoxy) is 2. The minimum atomic E-state index is -0.703. The molecule has 0 spiro atoms. The molecular formula is C35H38BrF4N9O2. The Bertz CT molecular complexity index is 1900. The van der Waals surface area contributed by atoms with Crippen LogP contribution in [0.1, 0.15) is 51.0 Å². The van der Waals surface area contributed by atoms with Crippen LogP contribution in [-0.4, -0.2) is 52.6 Å². The molecule has 0 radical (unpaired) electrons. The molecule has 1 unspecified atom stereocenters. The average molecular weight is 773 g/mol. The van der Waals surface area contributed by atoms with E-state index in [0.29, 0.717) is 35.6 Å². The minimum Gasteiger partial charge on any atom is -0.424 e. The molecule has 2 bridgehead atoms. The van der Waals surface area contributed by atoms with Crippen LogP contribution in [0.2, 0.25) is 0 Å². The molecule has 1 saturated carbocycles. The maximum atomic E-state index is 13.6. The van der Waals surface area contributed by atoms with Crippen LogP contribution in [-0.2, 0) is 19.5 Å². The van der Waals surface area contributed by atoms with E-state index in [1.165, 1.54) is 17.5 Å². The summed E-state index contributed by atoms with van der Waals surface area (Å²) in [5.41, 5.74) is 0.978. The third-order valence-electron chi connectivity index (χ3n) is 8.82. The molecule has 270 valence electrons. The number of hydrogen-bond donors (Lipinski definition) is 0. The van der Waals surface area contributed by atoms with Gasteiger partial charge in [-0.1, -0.05) is 13.8 Å². The molecule has 5 aromatic rings. The zero-order valence-electron chi connectivity index (χ0n) is 28.4. The maximum Gasteiger partial charge on any atom is 0.321 e. The van der Waals surface area contributed by atoms with Crippen molar-refractivity contribution in [3.05, 3.63) is 88.3 Å². The van der Waals surface area contributed by atoms with Crippen LogP contribution < -0.4 is 14.4 Å². The second-order valence-electron chi connectivity index (χ2n) is 12.7. The van der Waals surface area contributed by atoms with Gasteiger partial charge in [-0.25, -0.2) is 36.9 Å². The van der Waals surface area contributed by atoms with Crippen LogP contribution in [0.25, 0.3) is 0 Å². The monoisotopic (exact) mass is 771 g/mol. The predicted molar refractivity (Wildman–Crippen MR) is 184 cm³/mol. The summed E-state index contributed by atoms with van der Waals surface area (Å²) in [6.45, 7) is 9.17. The molecule has 3 atom stereocenters. The number of nitrogens with zero attached hydrogens (tertiary/aromatic N) is 9. The molecule has 7 rings (SSSR count). The van der Waals surface area contributed by atoms with E-state index in [0.717, 1.165) is 86.1 Å². The Balaban J connectivity index is 0.000000211. The van der Waals surface area contributed by atoms with E-state index in [1.807, 2.05) is 26.8 Å². The Hall–Kier alpha value is -4.60. The lowest BCUT2D eigenvalue weighted by atomic mass is 9.82. The Morgan fingerprint density at radius 3 is 1.78 bits per heavy atom. The molecule has 2 aliphatic rings. The van der Waals surface area contributed by atoms with E-state index in [4.69, 9.17) is 9.47 Å². The SMILES string of the molecule is CCCn1nc(Br)nc1Oc1cc(F)cc(F)c1.CCCn1nc(CC2[C@@H]3CC[C@H]2CN(c2cc(C)ncn2)C3)nc1Oc1cc(F)cc(F)c1. The molecule has 2 aromatic carbocycles. The van der Waals surface area contributed by atoms with Crippen molar-refractivity contribution in [3.8, 4) is 23.5 Å². The smallest absolute Gasteiger partial charge is 0.321 e. The largest absolute Gasteiger partial charge is 0.424 e. The van der Waals surface area contributed by atoms with Gasteiger partial charge in [-0.3, -0.25) is 0 Å². The van der Waals surface area contributed by atoms with Gasteiger partial charge in [-0.05, 0) is 66.3 Å². The van der Waals surface area contributed by atoms with Gasteiger partial charge in [0, 0.05) is 80.8 Å². The van der Waals surface area contributed by atoms with Crippen LogP contribution >= 0.6 is 15.9 Å². The number of aromatic nitrogens is 8. The third-order valence-corrected chi connectivity index (χ3v) is 9.15. The number of rotatable bonds is 11. The third kappa shape index (κ3) is 9.20. The molecular weight excluding hydrogens is 734 g/mol. The van der Waals surface area contributed by atoms with Gasteiger partial charge in [0.25, 0.3) is 0 Å². The number of piperidine rings is 1. The van der Waals surface area contributed by atoms with Crippen molar-refractivity contribution >= 4 is 21.7 Å². The highest BCUT2D eigenvalue weighted by molar-refractivity contribution is 9.10. The molecule has 51 heavy (non-hydrogen) atoms. The lowest BCUT2D eigenvalue weighted by Crippen LogP contribution is -2.43. The fraction of sp³-hybridized carbons (Fsp3) is 0.429. The van der Waals surface area contributed by atoms with Crippen molar-refractivity contribution in [1.82, 2.24) is 39.5 Å². The van der Waals surface area contributed by atoms with Crippen LogP contribution in [0.15, 0.2) is 53.5 Å². The van der Waals surface area contributed by atoms with E-state index in [2.05, 4.69) is 51.0 Å². The van der Waals surface area contributed by atoms with E-state index >= 15 is 0 Å². The van der Waals surface area contributed by atoms with Crippen LogP contribution in [0.5, 0.6) is 23.5 Å². The minimum absolute atomic E-state index is 0.0461. The van der Waals surface area contributed by atoms with Gasteiger partial charge in [0.1, 0.15) is 46.9 Å². The first-order chi connectivity index (χ1) is 24.6. The summed E-state index contributed by atoms with van der Waals surface area (Å²) in [7, 11) is 0. The van der Waals surface area contributed by atoms with Gasteiger partial charge in [0.2, 0.25) is 4.73 Å². The second-order valence-corrected chi connectivity index (χ2v) is 13.4. The van der Waals surface area contributed by atoms with Gasteiger partial charge < -0.3 is 14.4 Å². The van der Waals surface area contributed by atoms with Crippen molar-refractivity contribution in [2.24, 2.45) is 17.8 Å². The Morgan fingerprint density at radius 1 is 0.725 bits per heavy atom. The Morgan fingerprint density at radius 2 is 1.25 bits per heavy atom. The van der Waals surface area contributed by atoms with Crippen molar-refractivity contribution in [2.45, 2.75) is 66.0 Å². The summed E-state index contributed by atoms with van der Waals surface area (Å²) in [6.07, 6.45) is 6.48. The molecule has 0 N–H and O–H groups in total. The number of aryl methyl sites for hydroxylation is 3. The molecule has 2 fully saturated rings. The molecule has 3 aromatic heterocycles. The van der Waals surface area contributed by atoms with E-state index in [1.54, 1.807) is 11.0 Å². The highest BCUT2D eigenvalue weighted by Crippen LogP contribution is 2.44. The molecule has 16 heteroatoms. The van der Waals surface area contributed by atoms with Crippen LogP contribution in [0.4, 0.5) is 23.4 Å². The zero-order chi connectivity index (χ0) is 36.1. The highest BCUT2D eigenvalue weighted by Gasteiger charge is 2.43. The summed E-state index contributed by atoms with van der Waals surface area (Å²) >= 11 is 3.12. The van der Waals surface area contributed by atoms with Gasteiger partial charge >= 0.3 is 12.0 Å². The fourth-order valence-corrected chi connectivity index (χ4v) is 7.04. The molecule has 1 aliphatic heterocycles. The van der Waals surface area contributed by atoms with Gasteiger partial charge in [0.05, 0.1) is 0 Å². The van der Waals surface area contributed by atoms with Crippen molar-refractivity contribution < 1.29 is 27.0 Å². The average Bonchev–Trinajstić information content (AvgIpc) is 3.67. The topological polar surface area (TPSA) is 109 Å². The van der Waals surface area contributed by atoms with E-state index in [9.17, 15) is 17.6 Å². The summed E-state index contributed by atoms with van der Waals surface area (Å²) in [6, 6.07) is 8.58. The van der Waals surface area contributed by atoms with Crippen molar-refractivity contribution in [2.75, 3.05) is 18.0 Å². The first-order valence-electron chi connectivity index (χ1n) is 16.9. The fourth-order valence-electron chi connectivity index (χ4n) is 6.69. The van der Waals surface area contributed by atoms with Gasteiger partial charge in [-0.15, -0.1) is 5.10 Å². The Labute approximate surface area is 301 Å². The first kappa shape index (κ1) is 36.2. The molecule has 0 amide bonds. The van der Waals surface area contributed by atoms with E-state index in [-0.39, 0.29) is 23.5 Å². The van der Waals surface area contributed by atoms with Crippen LogP contribution in [0, 0.1) is 47.9 Å². The van der Waals surface area contributed by atoms with Gasteiger partial charge in [0.15, 0.2) is 5.82 Å². The normalized spacial score (nSPS) is 18.0.